The minimum absolute atomic E-state index is 0.104. The van der Waals surface area contributed by atoms with Gasteiger partial charge in [-0.1, -0.05) is 11.6 Å². The van der Waals surface area contributed by atoms with Gasteiger partial charge in [-0.2, -0.15) is 5.26 Å². The zero-order valence-electron chi connectivity index (χ0n) is 13.5. The van der Waals surface area contributed by atoms with Crippen LogP contribution in [0.5, 0.6) is 5.75 Å². The molecular formula is C17H14ClN3O4. The Balaban J connectivity index is 2.10. The second-order valence-electron chi connectivity index (χ2n) is 5.30. The Morgan fingerprint density at radius 2 is 2.00 bits per heavy atom. The molecule has 0 radical (unpaired) electrons. The SMILES string of the molecule is Cc1cc(NC(=O)COc2ccc(C#N)cc2Cl)c([N+](=O)[O-])cc1C. The molecule has 128 valence electrons. The van der Waals surface area contributed by atoms with Crippen LogP contribution in [0.4, 0.5) is 11.4 Å². The van der Waals surface area contributed by atoms with Gasteiger partial charge in [-0.3, -0.25) is 14.9 Å². The number of rotatable bonds is 5. The van der Waals surface area contributed by atoms with E-state index in [9.17, 15) is 14.9 Å². The van der Waals surface area contributed by atoms with Crippen molar-refractivity contribution in [1.29, 1.82) is 5.26 Å². The number of nitrogens with zero attached hydrogens (tertiary/aromatic N) is 2. The first-order chi connectivity index (χ1) is 11.8. The van der Waals surface area contributed by atoms with Crippen LogP contribution in [0.2, 0.25) is 5.02 Å². The largest absolute Gasteiger partial charge is 0.482 e. The Morgan fingerprint density at radius 3 is 2.60 bits per heavy atom. The summed E-state index contributed by atoms with van der Waals surface area (Å²) < 4.78 is 5.30. The van der Waals surface area contributed by atoms with Gasteiger partial charge < -0.3 is 10.1 Å². The summed E-state index contributed by atoms with van der Waals surface area (Å²) in [5.74, 6) is -0.322. The smallest absolute Gasteiger partial charge is 0.293 e. The Bertz CT molecular complexity index is 890. The number of nitrogens with one attached hydrogen (secondary N) is 1. The number of anilines is 1. The number of ether oxygens (including phenoxy) is 1. The summed E-state index contributed by atoms with van der Waals surface area (Å²) >= 11 is 5.96. The zero-order valence-corrected chi connectivity index (χ0v) is 14.3. The van der Waals surface area contributed by atoms with Crippen molar-refractivity contribution in [2.75, 3.05) is 11.9 Å². The van der Waals surface area contributed by atoms with E-state index in [-0.39, 0.29) is 28.8 Å². The third-order valence-corrected chi connectivity index (χ3v) is 3.80. The number of hydrogen-bond acceptors (Lipinski definition) is 5. The summed E-state index contributed by atoms with van der Waals surface area (Å²) in [6.07, 6.45) is 0. The van der Waals surface area contributed by atoms with E-state index in [0.29, 0.717) is 5.56 Å². The minimum Gasteiger partial charge on any atom is -0.482 e. The molecule has 0 bridgehead atoms. The quantitative estimate of drug-likeness (QED) is 0.646. The number of nitro benzene ring substituents is 1. The van der Waals surface area contributed by atoms with E-state index in [4.69, 9.17) is 21.6 Å². The van der Waals surface area contributed by atoms with Crippen molar-refractivity contribution < 1.29 is 14.5 Å². The zero-order chi connectivity index (χ0) is 18.6. The molecule has 2 rings (SSSR count). The first kappa shape index (κ1) is 18.2. The van der Waals surface area contributed by atoms with Gasteiger partial charge in [0.15, 0.2) is 6.61 Å². The van der Waals surface area contributed by atoms with Crippen molar-refractivity contribution in [1.82, 2.24) is 0 Å². The molecule has 0 fully saturated rings. The maximum absolute atomic E-state index is 12.0. The number of benzene rings is 2. The molecule has 0 aliphatic carbocycles. The lowest BCUT2D eigenvalue weighted by Gasteiger charge is -2.10. The molecule has 7 nitrogen and oxygen atoms in total. The predicted octanol–water partition coefficient (Wildman–Crippen LogP) is 3.75. The van der Waals surface area contributed by atoms with Gasteiger partial charge in [-0.25, -0.2) is 0 Å². The number of amides is 1. The second kappa shape index (κ2) is 7.64. The first-order valence-electron chi connectivity index (χ1n) is 7.19. The molecule has 0 saturated carbocycles. The van der Waals surface area contributed by atoms with E-state index in [1.807, 2.05) is 6.07 Å². The molecule has 0 unspecified atom stereocenters. The molecule has 0 atom stereocenters. The Morgan fingerprint density at radius 1 is 1.32 bits per heavy atom. The molecule has 0 aliphatic rings. The molecular weight excluding hydrogens is 346 g/mol. The van der Waals surface area contributed by atoms with Crippen LogP contribution in [0.1, 0.15) is 16.7 Å². The van der Waals surface area contributed by atoms with Crippen LogP contribution < -0.4 is 10.1 Å². The lowest BCUT2D eigenvalue weighted by atomic mass is 10.1. The van der Waals surface area contributed by atoms with E-state index in [1.54, 1.807) is 19.9 Å². The van der Waals surface area contributed by atoms with Gasteiger partial charge >= 0.3 is 0 Å². The van der Waals surface area contributed by atoms with Gasteiger partial charge in [0.1, 0.15) is 11.4 Å². The van der Waals surface area contributed by atoms with Crippen LogP contribution >= 0.6 is 11.6 Å². The second-order valence-corrected chi connectivity index (χ2v) is 5.71. The summed E-state index contributed by atoms with van der Waals surface area (Å²) in [6.45, 7) is 3.17. The lowest BCUT2D eigenvalue weighted by Crippen LogP contribution is -2.21. The van der Waals surface area contributed by atoms with Crippen LogP contribution in [0.25, 0.3) is 0 Å². The van der Waals surface area contributed by atoms with Gasteiger partial charge in [0.2, 0.25) is 0 Å². The Labute approximate surface area is 148 Å². The van der Waals surface area contributed by atoms with E-state index < -0.39 is 10.8 Å². The molecule has 0 saturated heterocycles. The molecule has 2 aromatic rings. The molecule has 8 heteroatoms. The Kier molecular flexibility index (Phi) is 5.57. The molecule has 1 N–H and O–H groups in total. The summed E-state index contributed by atoms with van der Waals surface area (Å²) in [5.41, 5.74) is 1.86. The lowest BCUT2D eigenvalue weighted by molar-refractivity contribution is -0.384. The average molecular weight is 360 g/mol. The summed E-state index contributed by atoms with van der Waals surface area (Å²) in [5, 5.41) is 22.6. The summed E-state index contributed by atoms with van der Waals surface area (Å²) in [7, 11) is 0. The maximum atomic E-state index is 12.0. The first-order valence-corrected chi connectivity index (χ1v) is 7.57. The number of hydrogen-bond donors (Lipinski definition) is 1. The van der Waals surface area contributed by atoms with E-state index in [0.717, 1.165) is 11.1 Å². The molecule has 25 heavy (non-hydrogen) atoms. The van der Waals surface area contributed by atoms with Gasteiger partial charge in [-0.15, -0.1) is 0 Å². The summed E-state index contributed by atoms with van der Waals surface area (Å²) in [6, 6.07) is 9.29. The number of carbonyl (C=O) groups excluding carboxylic acids is 1. The van der Waals surface area contributed by atoms with Gasteiger partial charge in [-0.05, 0) is 49.2 Å². The van der Waals surface area contributed by atoms with E-state index in [1.165, 1.54) is 24.3 Å². The normalized spacial score (nSPS) is 10.0. The van der Waals surface area contributed by atoms with Crippen LogP contribution in [-0.2, 0) is 4.79 Å². The molecule has 0 spiro atoms. The predicted molar refractivity (Wildman–Crippen MR) is 92.9 cm³/mol. The standard InChI is InChI=1S/C17H14ClN3O4/c1-10-5-14(15(21(23)24)6-11(10)2)20-17(22)9-25-16-4-3-12(8-19)7-13(16)18/h3-7H,9H2,1-2H3,(H,20,22). The fraction of sp³-hybridized carbons (Fsp3) is 0.176. The van der Waals surface area contributed by atoms with E-state index >= 15 is 0 Å². The van der Waals surface area contributed by atoms with Crippen molar-refractivity contribution in [3.05, 3.63) is 62.2 Å². The summed E-state index contributed by atoms with van der Waals surface area (Å²) in [4.78, 5) is 22.6. The Hall–Kier alpha value is -3.11. The molecule has 0 aromatic heterocycles. The van der Waals surface area contributed by atoms with Crippen molar-refractivity contribution in [2.45, 2.75) is 13.8 Å². The third kappa shape index (κ3) is 4.46. The number of aryl methyl sites for hydroxylation is 2. The highest BCUT2D eigenvalue weighted by Crippen LogP contribution is 2.28. The average Bonchev–Trinajstić information content (AvgIpc) is 2.56. The highest BCUT2D eigenvalue weighted by atomic mass is 35.5. The molecule has 2 aromatic carbocycles. The highest BCUT2D eigenvalue weighted by Gasteiger charge is 2.18. The van der Waals surface area contributed by atoms with Crippen molar-refractivity contribution in [2.24, 2.45) is 0 Å². The van der Waals surface area contributed by atoms with Crippen molar-refractivity contribution in [3.8, 4) is 11.8 Å². The van der Waals surface area contributed by atoms with Crippen LogP contribution in [0.15, 0.2) is 30.3 Å². The number of nitro groups is 1. The molecule has 0 heterocycles. The van der Waals surface area contributed by atoms with E-state index in [2.05, 4.69) is 5.32 Å². The fourth-order valence-corrected chi connectivity index (χ4v) is 2.30. The third-order valence-electron chi connectivity index (χ3n) is 3.50. The fourth-order valence-electron chi connectivity index (χ4n) is 2.07. The number of carbonyl (C=O) groups is 1. The van der Waals surface area contributed by atoms with Crippen LogP contribution in [-0.4, -0.2) is 17.4 Å². The van der Waals surface area contributed by atoms with Gasteiger partial charge in [0.25, 0.3) is 11.6 Å². The minimum atomic E-state index is -0.563. The molecule has 1 amide bonds. The highest BCUT2D eigenvalue weighted by molar-refractivity contribution is 6.32. The van der Waals surface area contributed by atoms with Crippen LogP contribution in [0.3, 0.4) is 0 Å². The topological polar surface area (TPSA) is 105 Å². The maximum Gasteiger partial charge on any atom is 0.293 e. The molecule has 0 aliphatic heterocycles. The van der Waals surface area contributed by atoms with Crippen molar-refractivity contribution >= 4 is 28.9 Å². The van der Waals surface area contributed by atoms with Gasteiger partial charge in [0.05, 0.1) is 21.6 Å². The monoisotopic (exact) mass is 359 g/mol. The number of nitriles is 1. The van der Waals surface area contributed by atoms with Crippen LogP contribution in [0, 0.1) is 35.3 Å². The van der Waals surface area contributed by atoms with Gasteiger partial charge in [0, 0.05) is 6.07 Å². The van der Waals surface area contributed by atoms with Crippen molar-refractivity contribution in [3.63, 3.8) is 0 Å². The number of halogens is 1.